The van der Waals surface area contributed by atoms with Crippen LogP contribution in [0.15, 0.2) is 30.3 Å². The molecule has 1 nitrogen and oxygen atoms in total. The Kier molecular flexibility index (Phi) is 2.62. The fourth-order valence-electron chi connectivity index (χ4n) is 1.99. The number of halogens is 1. The lowest BCUT2D eigenvalue weighted by Crippen LogP contribution is -2.23. The Labute approximate surface area is 82.9 Å². The lowest BCUT2D eigenvalue weighted by Gasteiger charge is -2.23. The van der Waals surface area contributed by atoms with Crippen LogP contribution in [0.4, 0.5) is 4.39 Å². The van der Waals surface area contributed by atoms with Gasteiger partial charge in [-0.3, -0.25) is 4.79 Å². The second-order valence-corrected chi connectivity index (χ2v) is 3.80. The highest BCUT2D eigenvalue weighted by molar-refractivity contribution is 5.86. The van der Waals surface area contributed by atoms with E-state index in [1.807, 2.05) is 30.3 Å². The number of hydrogen-bond acceptors (Lipinski definition) is 1. The first-order valence-corrected chi connectivity index (χ1v) is 4.99. The zero-order chi connectivity index (χ0) is 9.97. The number of Topliss-reactive ketones (excluding diaryl/α,β-unsaturated/α-hetero) is 1. The third-order valence-corrected chi connectivity index (χ3v) is 2.79. The lowest BCUT2D eigenvalue weighted by molar-refractivity contribution is -0.123. The van der Waals surface area contributed by atoms with Crippen molar-refractivity contribution in [3.8, 4) is 0 Å². The smallest absolute Gasteiger partial charge is 0.140 e. The highest BCUT2D eigenvalue weighted by Gasteiger charge is 2.29. The standard InChI is InChI=1S/C12H13FO/c13-10-6-7-12(14)11(8-10)9-4-2-1-3-5-9/h1-5,10-11H,6-8H2. The number of carbonyl (C=O) groups is 1. The highest BCUT2D eigenvalue weighted by atomic mass is 19.1. The Morgan fingerprint density at radius 2 is 1.93 bits per heavy atom. The molecule has 2 atom stereocenters. The number of ketones is 1. The molecule has 0 spiro atoms. The maximum Gasteiger partial charge on any atom is 0.140 e. The van der Waals surface area contributed by atoms with Crippen LogP contribution in [0.1, 0.15) is 30.7 Å². The molecule has 0 aromatic heterocycles. The van der Waals surface area contributed by atoms with E-state index < -0.39 is 6.17 Å². The summed E-state index contributed by atoms with van der Waals surface area (Å²) in [4.78, 5) is 11.6. The highest BCUT2D eigenvalue weighted by Crippen LogP contribution is 2.31. The van der Waals surface area contributed by atoms with Crippen LogP contribution in [-0.4, -0.2) is 12.0 Å². The summed E-state index contributed by atoms with van der Waals surface area (Å²) in [5, 5.41) is 0. The second-order valence-electron chi connectivity index (χ2n) is 3.80. The van der Waals surface area contributed by atoms with Crippen LogP contribution in [0.5, 0.6) is 0 Å². The van der Waals surface area contributed by atoms with E-state index in [1.165, 1.54) is 0 Å². The van der Waals surface area contributed by atoms with E-state index in [0.717, 1.165) is 5.56 Å². The summed E-state index contributed by atoms with van der Waals surface area (Å²) >= 11 is 0. The molecule has 2 rings (SSSR count). The molecule has 1 fully saturated rings. The molecule has 1 aromatic carbocycles. The molecule has 0 amide bonds. The average Bonchev–Trinajstić information content (AvgIpc) is 2.23. The molecule has 0 radical (unpaired) electrons. The Bertz CT molecular complexity index is 320. The first kappa shape index (κ1) is 9.38. The van der Waals surface area contributed by atoms with Crippen LogP contribution in [0.3, 0.4) is 0 Å². The van der Waals surface area contributed by atoms with Crippen molar-refractivity contribution in [1.29, 1.82) is 0 Å². The van der Waals surface area contributed by atoms with E-state index in [-0.39, 0.29) is 11.7 Å². The fraction of sp³-hybridized carbons (Fsp3) is 0.417. The van der Waals surface area contributed by atoms with Crippen LogP contribution in [0, 0.1) is 0 Å². The van der Waals surface area contributed by atoms with Crippen molar-refractivity contribution in [3.05, 3.63) is 35.9 Å². The van der Waals surface area contributed by atoms with Crippen molar-refractivity contribution in [2.75, 3.05) is 0 Å². The van der Waals surface area contributed by atoms with Gasteiger partial charge in [0.2, 0.25) is 0 Å². The normalized spacial score (nSPS) is 27.6. The Morgan fingerprint density at radius 1 is 1.21 bits per heavy atom. The first-order valence-electron chi connectivity index (χ1n) is 4.99. The third kappa shape index (κ3) is 1.84. The molecule has 14 heavy (non-hydrogen) atoms. The van der Waals surface area contributed by atoms with E-state index in [1.54, 1.807) is 0 Å². The molecule has 1 aromatic rings. The molecular formula is C12H13FO. The molecule has 1 aliphatic rings. The molecule has 2 unspecified atom stereocenters. The number of hydrogen-bond donors (Lipinski definition) is 0. The number of rotatable bonds is 1. The van der Waals surface area contributed by atoms with Gasteiger partial charge in [-0.15, -0.1) is 0 Å². The molecule has 74 valence electrons. The van der Waals surface area contributed by atoms with Gasteiger partial charge in [0, 0.05) is 12.3 Å². The van der Waals surface area contributed by atoms with Crippen LogP contribution in [-0.2, 0) is 4.79 Å². The van der Waals surface area contributed by atoms with Crippen molar-refractivity contribution < 1.29 is 9.18 Å². The molecule has 0 bridgehead atoms. The van der Waals surface area contributed by atoms with E-state index >= 15 is 0 Å². The molecule has 1 saturated carbocycles. The van der Waals surface area contributed by atoms with Crippen molar-refractivity contribution >= 4 is 5.78 Å². The summed E-state index contributed by atoms with van der Waals surface area (Å²) < 4.78 is 13.1. The maximum atomic E-state index is 13.1. The van der Waals surface area contributed by atoms with Crippen LogP contribution in [0.2, 0.25) is 0 Å². The monoisotopic (exact) mass is 192 g/mol. The molecule has 0 saturated heterocycles. The van der Waals surface area contributed by atoms with Gasteiger partial charge in [0.25, 0.3) is 0 Å². The summed E-state index contributed by atoms with van der Waals surface area (Å²) in [5.41, 5.74) is 0.958. The number of benzene rings is 1. The van der Waals surface area contributed by atoms with Gasteiger partial charge in [-0.2, -0.15) is 0 Å². The zero-order valence-corrected chi connectivity index (χ0v) is 7.95. The van der Waals surface area contributed by atoms with Crippen LogP contribution in [0.25, 0.3) is 0 Å². The van der Waals surface area contributed by atoms with E-state index in [4.69, 9.17) is 0 Å². The summed E-state index contributed by atoms with van der Waals surface area (Å²) in [5.74, 6) is -0.0231. The first-order chi connectivity index (χ1) is 6.77. The Balaban J connectivity index is 2.20. The van der Waals surface area contributed by atoms with Crippen LogP contribution < -0.4 is 0 Å². The second kappa shape index (κ2) is 3.91. The average molecular weight is 192 g/mol. The summed E-state index contributed by atoms with van der Waals surface area (Å²) in [6.45, 7) is 0. The van der Waals surface area contributed by atoms with Gasteiger partial charge in [0.15, 0.2) is 0 Å². The Morgan fingerprint density at radius 3 is 2.64 bits per heavy atom. The predicted molar refractivity (Wildman–Crippen MR) is 52.9 cm³/mol. The molecule has 2 heteroatoms. The van der Waals surface area contributed by atoms with Gasteiger partial charge in [0.1, 0.15) is 12.0 Å². The van der Waals surface area contributed by atoms with Crippen molar-refractivity contribution in [1.82, 2.24) is 0 Å². The Hall–Kier alpha value is -1.18. The quantitative estimate of drug-likeness (QED) is 0.668. The molecule has 0 aliphatic heterocycles. The van der Waals surface area contributed by atoms with Crippen LogP contribution >= 0.6 is 0 Å². The minimum Gasteiger partial charge on any atom is -0.299 e. The summed E-state index contributed by atoms with van der Waals surface area (Å²) in [7, 11) is 0. The van der Waals surface area contributed by atoms with Crippen molar-refractivity contribution in [3.63, 3.8) is 0 Å². The zero-order valence-electron chi connectivity index (χ0n) is 7.95. The molecule has 0 heterocycles. The summed E-state index contributed by atoms with van der Waals surface area (Å²) in [6.07, 6.45) is 0.351. The maximum absolute atomic E-state index is 13.1. The van der Waals surface area contributed by atoms with Gasteiger partial charge in [0.05, 0.1) is 0 Å². The molecular weight excluding hydrogens is 179 g/mol. The largest absolute Gasteiger partial charge is 0.299 e. The molecule has 1 aliphatic carbocycles. The SMILES string of the molecule is O=C1CCC(F)CC1c1ccccc1. The minimum absolute atomic E-state index is 0.185. The van der Waals surface area contributed by atoms with Gasteiger partial charge in [-0.05, 0) is 18.4 Å². The minimum atomic E-state index is -0.807. The predicted octanol–water partition coefficient (Wildman–Crippen LogP) is 2.86. The van der Waals surface area contributed by atoms with Crippen molar-refractivity contribution in [2.45, 2.75) is 31.4 Å². The van der Waals surface area contributed by atoms with Gasteiger partial charge in [-0.25, -0.2) is 4.39 Å². The fourth-order valence-corrected chi connectivity index (χ4v) is 1.99. The summed E-state index contributed by atoms with van der Waals surface area (Å²) in [6, 6.07) is 9.50. The number of alkyl halides is 1. The topological polar surface area (TPSA) is 17.1 Å². The van der Waals surface area contributed by atoms with Gasteiger partial charge in [-0.1, -0.05) is 30.3 Å². The third-order valence-electron chi connectivity index (χ3n) is 2.79. The van der Waals surface area contributed by atoms with Crippen molar-refractivity contribution in [2.24, 2.45) is 0 Å². The van der Waals surface area contributed by atoms with E-state index in [9.17, 15) is 9.18 Å². The van der Waals surface area contributed by atoms with E-state index in [0.29, 0.717) is 19.3 Å². The molecule has 0 N–H and O–H groups in total. The lowest BCUT2D eigenvalue weighted by atomic mass is 9.82. The van der Waals surface area contributed by atoms with E-state index in [2.05, 4.69) is 0 Å². The number of carbonyl (C=O) groups excluding carboxylic acids is 1. The van der Waals surface area contributed by atoms with Gasteiger partial charge < -0.3 is 0 Å². The van der Waals surface area contributed by atoms with Gasteiger partial charge >= 0.3 is 0 Å².